The topological polar surface area (TPSA) is 50.3 Å². The van der Waals surface area contributed by atoms with E-state index in [1.807, 2.05) is 19.2 Å². The zero-order valence-corrected chi connectivity index (χ0v) is 14.4. The van der Waals surface area contributed by atoms with Crippen LogP contribution in [-0.4, -0.2) is 43.3 Å². The van der Waals surface area contributed by atoms with Gasteiger partial charge >= 0.3 is 0 Å². The van der Waals surface area contributed by atoms with Gasteiger partial charge in [0.05, 0.1) is 5.52 Å². The van der Waals surface area contributed by atoms with E-state index in [9.17, 15) is 0 Å². The van der Waals surface area contributed by atoms with Crippen LogP contribution in [0.3, 0.4) is 0 Å². The summed E-state index contributed by atoms with van der Waals surface area (Å²) in [6.07, 6.45) is 4.97. The number of nitrogens with one attached hydrogen (secondary N) is 1. The first-order chi connectivity index (χ1) is 11.8. The van der Waals surface area contributed by atoms with E-state index in [2.05, 4.69) is 22.3 Å². The van der Waals surface area contributed by atoms with Crippen LogP contribution in [0, 0.1) is 11.8 Å². The Morgan fingerprint density at radius 2 is 1.71 bits per heavy atom. The van der Waals surface area contributed by atoms with Crippen molar-refractivity contribution in [3.63, 3.8) is 0 Å². The standard InChI is InChI=1S/C19H26N4O/c1-20-18-16-4-2-3-5-17(16)21-19(22-18)23-10-6-14(7-11-23)15-8-12-24-13-9-15/h2-5,14-15H,6-13H2,1H3,(H,20,21,22). The zero-order chi connectivity index (χ0) is 16.4. The van der Waals surface area contributed by atoms with Crippen LogP contribution < -0.4 is 10.2 Å². The Kier molecular flexibility index (Phi) is 4.52. The number of fused-ring (bicyclic) bond motifs is 1. The minimum Gasteiger partial charge on any atom is -0.381 e. The second-order valence-corrected chi connectivity index (χ2v) is 6.91. The maximum absolute atomic E-state index is 5.51. The van der Waals surface area contributed by atoms with Crippen LogP contribution in [-0.2, 0) is 4.74 Å². The number of anilines is 2. The molecule has 0 atom stereocenters. The van der Waals surface area contributed by atoms with E-state index < -0.39 is 0 Å². The summed E-state index contributed by atoms with van der Waals surface area (Å²) in [5.41, 5.74) is 1.01. The van der Waals surface area contributed by atoms with E-state index >= 15 is 0 Å². The fourth-order valence-corrected chi connectivity index (χ4v) is 4.15. The summed E-state index contributed by atoms with van der Waals surface area (Å²) in [5.74, 6) is 3.48. The van der Waals surface area contributed by atoms with Gasteiger partial charge in [0.1, 0.15) is 5.82 Å². The molecule has 2 aromatic rings. The lowest BCUT2D eigenvalue weighted by molar-refractivity contribution is 0.0418. The van der Waals surface area contributed by atoms with Gasteiger partial charge in [-0.2, -0.15) is 4.98 Å². The predicted octanol–water partition coefficient (Wildman–Crippen LogP) is 3.31. The van der Waals surface area contributed by atoms with Crippen molar-refractivity contribution in [2.75, 3.05) is 43.6 Å². The number of para-hydroxylation sites is 1. The number of piperidine rings is 1. The van der Waals surface area contributed by atoms with Crippen molar-refractivity contribution in [1.82, 2.24) is 9.97 Å². The molecular formula is C19H26N4O. The van der Waals surface area contributed by atoms with E-state index in [1.54, 1.807) is 0 Å². The molecule has 0 aliphatic carbocycles. The number of ether oxygens (including phenoxy) is 1. The van der Waals surface area contributed by atoms with Gasteiger partial charge in [0.25, 0.3) is 0 Å². The van der Waals surface area contributed by atoms with Gasteiger partial charge in [-0.3, -0.25) is 0 Å². The molecule has 3 heterocycles. The smallest absolute Gasteiger partial charge is 0.227 e. The highest BCUT2D eigenvalue weighted by molar-refractivity contribution is 5.89. The van der Waals surface area contributed by atoms with Gasteiger partial charge < -0.3 is 15.0 Å². The van der Waals surface area contributed by atoms with E-state index in [1.165, 1.54) is 25.7 Å². The zero-order valence-electron chi connectivity index (χ0n) is 14.4. The van der Waals surface area contributed by atoms with E-state index in [0.717, 1.165) is 60.8 Å². The number of benzene rings is 1. The molecule has 1 aromatic heterocycles. The average molecular weight is 326 g/mol. The third-order valence-electron chi connectivity index (χ3n) is 5.58. The molecule has 0 bridgehead atoms. The molecule has 0 spiro atoms. The lowest BCUT2D eigenvalue weighted by Crippen LogP contribution is -2.38. The van der Waals surface area contributed by atoms with E-state index in [4.69, 9.17) is 14.7 Å². The van der Waals surface area contributed by atoms with Gasteiger partial charge in [-0.25, -0.2) is 4.98 Å². The van der Waals surface area contributed by atoms with Crippen molar-refractivity contribution < 1.29 is 4.74 Å². The number of aromatic nitrogens is 2. The molecule has 0 radical (unpaired) electrons. The van der Waals surface area contributed by atoms with Gasteiger partial charge in [0.2, 0.25) is 5.95 Å². The van der Waals surface area contributed by atoms with Crippen molar-refractivity contribution in [2.45, 2.75) is 25.7 Å². The Labute approximate surface area is 143 Å². The lowest BCUT2D eigenvalue weighted by Gasteiger charge is -2.37. The maximum Gasteiger partial charge on any atom is 0.227 e. The summed E-state index contributed by atoms with van der Waals surface area (Å²) in [7, 11) is 1.93. The van der Waals surface area contributed by atoms with Crippen LogP contribution in [0.5, 0.6) is 0 Å². The summed E-state index contributed by atoms with van der Waals surface area (Å²) in [6.45, 7) is 4.02. The number of nitrogens with zero attached hydrogens (tertiary/aromatic N) is 3. The lowest BCUT2D eigenvalue weighted by atomic mass is 9.80. The van der Waals surface area contributed by atoms with Crippen molar-refractivity contribution in [1.29, 1.82) is 0 Å². The molecule has 0 amide bonds. The van der Waals surface area contributed by atoms with Gasteiger partial charge in [-0.15, -0.1) is 0 Å². The third kappa shape index (κ3) is 3.05. The Morgan fingerprint density at radius 1 is 1.00 bits per heavy atom. The van der Waals surface area contributed by atoms with Gasteiger partial charge in [0.15, 0.2) is 0 Å². The molecule has 128 valence electrons. The normalized spacial score (nSPS) is 20.5. The molecule has 4 rings (SSSR count). The molecule has 0 unspecified atom stereocenters. The fraction of sp³-hybridized carbons (Fsp3) is 0.579. The monoisotopic (exact) mass is 326 g/mol. The Balaban J connectivity index is 1.50. The fourth-order valence-electron chi connectivity index (χ4n) is 4.15. The highest BCUT2D eigenvalue weighted by Crippen LogP contribution is 2.33. The summed E-state index contributed by atoms with van der Waals surface area (Å²) in [5, 5.41) is 4.30. The SMILES string of the molecule is CNc1nc(N2CCC(C3CCOCC3)CC2)nc2ccccc12. The molecule has 5 heteroatoms. The second kappa shape index (κ2) is 6.93. The predicted molar refractivity (Wildman–Crippen MR) is 97.6 cm³/mol. The Bertz CT molecular complexity index is 691. The van der Waals surface area contributed by atoms with Crippen molar-refractivity contribution in [2.24, 2.45) is 11.8 Å². The van der Waals surface area contributed by atoms with Crippen LogP contribution in [0.1, 0.15) is 25.7 Å². The highest BCUT2D eigenvalue weighted by Gasteiger charge is 2.29. The Morgan fingerprint density at radius 3 is 2.46 bits per heavy atom. The molecule has 2 fully saturated rings. The maximum atomic E-state index is 5.51. The van der Waals surface area contributed by atoms with E-state index in [-0.39, 0.29) is 0 Å². The van der Waals surface area contributed by atoms with Gasteiger partial charge in [-0.05, 0) is 49.7 Å². The minimum atomic E-state index is 0.842. The molecular weight excluding hydrogens is 300 g/mol. The van der Waals surface area contributed by atoms with Gasteiger partial charge in [-0.1, -0.05) is 12.1 Å². The molecule has 5 nitrogen and oxygen atoms in total. The minimum absolute atomic E-state index is 0.842. The van der Waals surface area contributed by atoms with Crippen LogP contribution in [0.2, 0.25) is 0 Å². The summed E-state index contributed by atoms with van der Waals surface area (Å²) >= 11 is 0. The largest absolute Gasteiger partial charge is 0.381 e. The molecule has 2 aliphatic rings. The molecule has 2 aliphatic heterocycles. The van der Waals surface area contributed by atoms with Crippen molar-refractivity contribution in [3.8, 4) is 0 Å². The number of hydrogen-bond acceptors (Lipinski definition) is 5. The summed E-state index contributed by atoms with van der Waals surface area (Å²) in [6, 6.07) is 8.21. The van der Waals surface area contributed by atoms with Crippen LogP contribution in [0.4, 0.5) is 11.8 Å². The van der Waals surface area contributed by atoms with Crippen LogP contribution in [0.25, 0.3) is 10.9 Å². The highest BCUT2D eigenvalue weighted by atomic mass is 16.5. The first kappa shape index (κ1) is 15.6. The van der Waals surface area contributed by atoms with Crippen LogP contribution >= 0.6 is 0 Å². The van der Waals surface area contributed by atoms with Crippen LogP contribution in [0.15, 0.2) is 24.3 Å². The molecule has 2 saturated heterocycles. The third-order valence-corrected chi connectivity index (χ3v) is 5.58. The van der Waals surface area contributed by atoms with Gasteiger partial charge in [0, 0.05) is 38.7 Å². The molecule has 0 saturated carbocycles. The summed E-state index contributed by atoms with van der Waals surface area (Å²) in [4.78, 5) is 11.9. The van der Waals surface area contributed by atoms with Crippen molar-refractivity contribution in [3.05, 3.63) is 24.3 Å². The Hall–Kier alpha value is -1.88. The second-order valence-electron chi connectivity index (χ2n) is 6.91. The first-order valence-corrected chi connectivity index (χ1v) is 9.12. The molecule has 1 N–H and O–H groups in total. The van der Waals surface area contributed by atoms with E-state index in [0.29, 0.717) is 0 Å². The number of hydrogen-bond donors (Lipinski definition) is 1. The first-order valence-electron chi connectivity index (χ1n) is 9.12. The summed E-state index contributed by atoms with van der Waals surface area (Å²) < 4.78 is 5.51. The van der Waals surface area contributed by atoms with Crippen molar-refractivity contribution >= 4 is 22.7 Å². The average Bonchev–Trinajstić information content (AvgIpc) is 2.68. The number of rotatable bonds is 3. The molecule has 24 heavy (non-hydrogen) atoms. The quantitative estimate of drug-likeness (QED) is 0.938. The molecule has 1 aromatic carbocycles.